The largest absolute Gasteiger partial charge is 0.465 e. The van der Waals surface area contributed by atoms with Gasteiger partial charge < -0.3 is 10.0 Å². The minimum absolute atomic E-state index is 0.143. The van der Waals surface area contributed by atoms with Crippen molar-refractivity contribution in [3.8, 4) is 0 Å². The second-order valence-electron chi connectivity index (χ2n) is 8.12. The van der Waals surface area contributed by atoms with Crippen LogP contribution in [0.1, 0.15) is 39.0 Å². The van der Waals surface area contributed by atoms with E-state index in [1.165, 1.54) is 36.3 Å². The van der Waals surface area contributed by atoms with Crippen LogP contribution in [0.15, 0.2) is 29.3 Å². The number of benzene rings is 1. The number of aliphatic imine (C=N–C) groups is 1. The molecule has 0 aromatic heterocycles. The molecule has 1 saturated heterocycles. The van der Waals surface area contributed by atoms with Crippen LogP contribution in [0.4, 0.5) is 19.7 Å². The molecule has 28 heavy (non-hydrogen) atoms. The zero-order valence-electron chi connectivity index (χ0n) is 15.9. The van der Waals surface area contributed by atoms with Gasteiger partial charge in [0.2, 0.25) is 0 Å². The van der Waals surface area contributed by atoms with Gasteiger partial charge in [-0.1, -0.05) is 12.5 Å². The fourth-order valence-corrected chi connectivity index (χ4v) is 4.72. The Morgan fingerprint density at radius 3 is 2.82 bits per heavy atom. The number of rotatable bonds is 3. The smallest absolute Gasteiger partial charge is 0.410 e. The first-order chi connectivity index (χ1) is 13.4. The topological polar surface area (TPSA) is 85.2 Å². The Morgan fingerprint density at radius 1 is 1.43 bits per heavy atom. The lowest BCUT2D eigenvalue weighted by molar-refractivity contribution is 0.0899. The first kappa shape index (κ1) is 18.9. The molecule has 0 bridgehead atoms. The number of amides is 3. The number of nitrogens with zero attached hydrogens (tertiary/aromatic N) is 3. The second-order valence-corrected chi connectivity index (χ2v) is 8.12. The van der Waals surface area contributed by atoms with Gasteiger partial charge >= 0.3 is 12.1 Å². The number of urea groups is 1. The lowest BCUT2D eigenvalue weighted by Gasteiger charge is -2.49. The van der Waals surface area contributed by atoms with E-state index in [-0.39, 0.29) is 11.9 Å². The quantitative estimate of drug-likeness (QED) is 0.830. The van der Waals surface area contributed by atoms with Crippen LogP contribution in [0.3, 0.4) is 0 Å². The molecule has 2 atom stereocenters. The molecule has 2 unspecified atom stereocenters. The third-order valence-corrected chi connectivity index (χ3v) is 6.35. The van der Waals surface area contributed by atoms with Crippen molar-refractivity contribution in [3.05, 3.63) is 30.1 Å². The number of likely N-dealkylation sites (tertiary alicyclic amines) is 1. The third kappa shape index (κ3) is 3.26. The number of carbonyl (C=O) groups is 2. The fraction of sp³-hybridized carbons (Fsp3) is 0.550. The van der Waals surface area contributed by atoms with Crippen LogP contribution in [0.2, 0.25) is 0 Å². The predicted molar refractivity (Wildman–Crippen MR) is 103 cm³/mol. The number of amidine groups is 1. The minimum atomic E-state index is -1.25. The maximum atomic E-state index is 13.8. The van der Waals surface area contributed by atoms with Gasteiger partial charge in [0.1, 0.15) is 17.2 Å². The van der Waals surface area contributed by atoms with Gasteiger partial charge in [-0.05, 0) is 56.7 Å². The number of nitrogens with one attached hydrogen (secondary N) is 1. The zero-order chi connectivity index (χ0) is 19.9. The molecule has 1 saturated carbocycles. The lowest BCUT2D eigenvalue weighted by atomic mass is 9.79. The molecule has 1 aromatic rings. The number of carbonyl (C=O) groups excluding carboxylic acids is 1. The number of hydrogen-bond donors (Lipinski definition) is 2. The van der Waals surface area contributed by atoms with E-state index < -0.39 is 23.5 Å². The third-order valence-electron chi connectivity index (χ3n) is 6.35. The molecule has 8 heteroatoms. The van der Waals surface area contributed by atoms with E-state index in [1.807, 2.05) is 0 Å². The zero-order valence-corrected chi connectivity index (χ0v) is 15.9. The van der Waals surface area contributed by atoms with E-state index in [4.69, 9.17) is 0 Å². The van der Waals surface area contributed by atoms with Gasteiger partial charge in [0.15, 0.2) is 0 Å². The highest BCUT2D eigenvalue weighted by molar-refractivity contribution is 6.18. The summed E-state index contributed by atoms with van der Waals surface area (Å²) in [6, 6.07) is 5.41. The average Bonchev–Trinajstić information content (AvgIpc) is 2.83. The van der Waals surface area contributed by atoms with Crippen molar-refractivity contribution in [2.75, 3.05) is 18.0 Å². The maximum absolute atomic E-state index is 13.8. The van der Waals surface area contributed by atoms with Gasteiger partial charge in [-0.2, -0.15) is 4.99 Å². The summed E-state index contributed by atoms with van der Waals surface area (Å²) in [5, 5.41) is 11.6. The Labute approximate surface area is 163 Å². The summed E-state index contributed by atoms with van der Waals surface area (Å²) < 4.78 is 13.8. The SMILES string of the molecule is CC1CC2(CCN1CC1CCC1)C(NC(=O)O)=NC(=O)N2c1cccc(F)c1. The summed E-state index contributed by atoms with van der Waals surface area (Å²) in [5.41, 5.74) is -0.505. The van der Waals surface area contributed by atoms with Crippen molar-refractivity contribution < 1.29 is 19.1 Å². The van der Waals surface area contributed by atoms with E-state index in [1.54, 1.807) is 12.1 Å². The molecule has 3 aliphatic rings. The summed E-state index contributed by atoms with van der Waals surface area (Å²) in [6.07, 6.45) is 3.65. The van der Waals surface area contributed by atoms with E-state index >= 15 is 0 Å². The molecule has 2 aliphatic heterocycles. The standard InChI is InChI=1S/C20H25FN4O3/c1-13-11-20(8-9-24(13)12-14-4-2-5-14)17(23-19(27)28)22-18(26)25(20)16-7-3-6-15(21)10-16/h3,6-7,10,13-14H,2,4-5,8-9,11-12H2,1H3,(H,27,28)(H,22,23,26). The highest BCUT2D eigenvalue weighted by Gasteiger charge is 2.54. The number of halogens is 1. The summed E-state index contributed by atoms with van der Waals surface area (Å²) in [7, 11) is 0. The molecule has 2 fully saturated rings. The molecular weight excluding hydrogens is 363 g/mol. The molecule has 7 nitrogen and oxygen atoms in total. The average molecular weight is 388 g/mol. The van der Waals surface area contributed by atoms with E-state index in [0.717, 1.165) is 19.0 Å². The van der Waals surface area contributed by atoms with Gasteiger partial charge in [-0.15, -0.1) is 0 Å². The summed E-state index contributed by atoms with van der Waals surface area (Å²) in [5.74, 6) is 0.422. The van der Waals surface area contributed by atoms with Gasteiger partial charge in [0.25, 0.3) is 0 Å². The fourth-order valence-electron chi connectivity index (χ4n) is 4.72. The van der Waals surface area contributed by atoms with Crippen molar-refractivity contribution in [3.63, 3.8) is 0 Å². The van der Waals surface area contributed by atoms with Crippen molar-refractivity contribution in [2.45, 2.75) is 50.6 Å². The van der Waals surface area contributed by atoms with E-state index in [9.17, 15) is 19.1 Å². The second kappa shape index (κ2) is 7.16. The van der Waals surface area contributed by atoms with Crippen molar-refractivity contribution in [1.82, 2.24) is 10.2 Å². The molecule has 0 radical (unpaired) electrons. The first-order valence-corrected chi connectivity index (χ1v) is 9.82. The van der Waals surface area contributed by atoms with Gasteiger partial charge in [-0.3, -0.25) is 10.2 Å². The Bertz CT molecular complexity index is 825. The molecule has 4 rings (SSSR count). The lowest BCUT2D eigenvalue weighted by Crippen LogP contribution is -2.63. The van der Waals surface area contributed by atoms with Crippen LogP contribution in [0.25, 0.3) is 0 Å². The van der Waals surface area contributed by atoms with E-state index in [0.29, 0.717) is 18.5 Å². The summed E-state index contributed by atoms with van der Waals surface area (Å²) >= 11 is 0. The van der Waals surface area contributed by atoms with Gasteiger partial charge in [-0.25, -0.2) is 14.0 Å². The molecule has 1 aliphatic carbocycles. The Hall–Kier alpha value is -2.48. The van der Waals surface area contributed by atoms with Crippen LogP contribution < -0.4 is 10.2 Å². The van der Waals surface area contributed by atoms with Crippen LogP contribution >= 0.6 is 0 Å². The van der Waals surface area contributed by atoms with E-state index in [2.05, 4.69) is 22.1 Å². The first-order valence-electron chi connectivity index (χ1n) is 9.82. The van der Waals surface area contributed by atoms with Crippen LogP contribution in [-0.2, 0) is 0 Å². The van der Waals surface area contributed by atoms with Gasteiger partial charge in [0, 0.05) is 24.8 Å². The van der Waals surface area contributed by atoms with Crippen LogP contribution in [0.5, 0.6) is 0 Å². The maximum Gasteiger partial charge on any atom is 0.410 e. The van der Waals surface area contributed by atoms with Gasteiger partial charge in [0.05, 0.1) is 0 Å². The monoisotopic (exact) mass is 388 g/mol. The number of carboxylic acid groups (broad SMARTS) is 1. The van der Waals surface area contributed by atoms with Crippen LogP contribution in [-0.4, -0.2) is 52.6 Å². The number of anilines is 1. The van der Waals surface area contributed by atoms with Crippen molar-refractivity contribution in [1.29, 1.82) is 0 Å². The minimum Gasteiger partial charge on any atom is -0.465 e. The molecule has 1 spiro atoms. The number of hydrogen-bond acceptors (Lipinski definition) is 3. The molecular formula is C20H25FN4O3. The highest BCUT2D eigenvalue weighted by atomic mass is 19.1. The Kier molecular flexibility index (Phi) is 4.82. The summed E-state index contributed by atoms with van der Waals surface area (Å²) in [6.45, 7) is 3.87. The molecule has 1 aromatic carbocycles. The Morgan fingerprint density at radius 2 is 2.21 bits per heavy atom. The number of piperidine rings is 1. The predicted octanol–water partition coefficient (Wildman–Crippen LogP) is 3.46. The van der Waals surface area contributed by atoms with Crippen molar-refractivity contribution >= 4 is 23.6 Å². The molecule has 150 valence electrons. The van der Waals surface area contributed by atoms with Crippen LogP contribution in [0, 0.1) is 11.7 Å². The molecule has 2 heterocycles. The van der Waals surface area contributed by atoms with Crippen molar-refractivity contribution in [2.24, 2.45) is 10.9 Å². The summed E-state index contributed by atoms with van der Waals surface area (Å²) in [4.78, 5) is 32.0. The molecule has 3 amide bonds. The normalized spacial score (nSPS) is 28.4. The Balaban J connectivity index is 1.65. The molecule has 2 N–H and O–H groups in total. The highest BCUT2D eigenvalue weighted by Crippen LogP contribution is 2.41.